The summed E-state index contributed by atoms with van der Waals surface area (Å²) in [5, 5.41) is 76.2. The van der Waals surface area contributed by atoms with Crippen molar-refractivity contribution in [3.63, 3.8) is 0 Å². The summed E-state index contributed by atoms with van der Waals surface area (Å²) in [5.41, 5.74) is 4.83. The highest BCUT2D eigenvalue weighted by atomic mass is 16.7. The average Bonchev–Trinajstić information content (AvgIpc) is 2.57. The molecule has 1 aliphatic rings. The van der Waals surface area contributed by atoms with Gasteiger partial charge < -0.3 is 56.1 Å². The third-order valence-electron chi connectivity index (χ3n) is 3.66. The number of nitrogens with two attached hydrogens (primary N) is 1. The van der Waals surface area contributed by atoms with Crippen LogP contribution >= 0.6 is 0 Å². The first kappa shape index (κ1) is 21.1. The molecule has 1 heterocycles. The Bertz CT molecular complexity index is 408. The van der Waals surface area contributed by atoms with Gasteiger partial charge in [-0.1, -0.05) is 0 Å². The predicted molar refractivity (Wildman–Crippen MR) is 72.9 cm³/mol. The van der Waals surface area contributed by atoms with Crippen molar-refractivity contribution in [3.8, 4) is 0 Å². The summed E-state index contributed by atoms with van der Waals surface area (Å²) in [5.74, 6) is -1.34. The summed E-state index contributed by atoms with van der Waals surface area (Å²) >= 11 is 0. The van der Waals surface area contributed by atoms with Gasteiger partial charge in [-0.2, -0.15) is 0 Å². The molecule has 1 saturated heterocycles. The van der Waals surface area contributed by atoms with Crippen molar-refractivity contribution in [1.82, 2.24) is 0 Å². The molecule has 0 aromatic heterocycles. The summed E-state index contributed by atoms with van der Waals surface area (Å²) in [6.07, 6.45) is -16.3. The lowest BCUT2D eigenvalue weighted by molar-refractivity contribution is -0.326. The molecule has 0 aromatic rings. The smallest absolute Gasteiger partial charge is 0.249 e. The summed E-state index contributed by atoms with van der Waals surface area (Å²) in [6.45, 7) is -1.70. The van der Waals surface area contributed by atoms with E-state index in [4.69, 9.17) is 25.4 Å². The third-order valence-corrected chi connectivity index (χ3v) is 3.66. The summed E-state index contributed by atoms with van der Waals surface area (Å²) < 4.78 is 10.1. The fourth-order valence-corrected chi connectivity index (χ4v) is 2.19. The molecule has 0 aromatic carbocycles. The van der Waals surface area contributed by atoms with Crippen LogP contribution in [0.15, 0.2) is 0 Å². The molecular weight excluding hydrogens is 334 g/mol. The molecule has 12 heteroatoms. The molecule has 1 aliphatic heterocycles. The SMILES string of the molecule is NC(=O)[C@H](O)[C@@H](O)[C@H](OC1O[C@H](CO)[C@@H](O)[C@H](O)[C@H]1O)[C@H](O)CO. The van der Waals surface area contributed by atoms with Crippen LogP contribution in [0.2, 0.25) is 0 Å². The van der Waals surface area contributed by atoms with E-state index in [1.54, 1.807) is 0 Å². The van der Waals surface area contributed by atoms with E-state index in [2.05, 4.69) is 0 Å². The predicted octanol–water partition coefficient (Wildman–Crippen LogP) is -6.27. The Morgan fingerprint density at radius 3 is 2.12 bits per heavy atom. The van der Waals surface area contributed by atoms with Crippen molar-refractivity contribution in [2.45, 2.75) is 55.1 Å². The van der Waals surface area contributed by atoms with E-state index < -0.39 is 74.2 Å². The summed E-state index contributed by atoms with van der Waals surface area (Å²) in [7, 11) is 0. The molecule has 10 N–H and O–H groups in total. The van der Waals surface area contributed by atoms with E-state index in [0.29, 0.717) is 0 Å². The maximum absolute atomic E-state index is 10.9. The van der Waals surface area contributed by atoms with E-state index in [9.17, 15) is 35.4 Å². The Kier molecular flexibility index (Phi) is 7.88. The maximum atomic E-state index is 10.9. The van der Waals surface area contributed by atoms with Gasteiger partial charge in [-0.3, -0.25) is 4.79 Å². The Balaban J connectivity index is 2.94. The Hall–Kier alpha value is -0.930. The van der Waals surface area contributed by atoms with Crippen molar-refractivity contribution in [2.75, 3.05) is 13.2 Å². The van der Waals surface area contributed by atoms with Crippen LogP contribution in [0.1, 0.15) is 0 Å². The van der Waals surface area contributed by atoms with Gasteiger partial charge in [0.1, 0.15) is 42.7 Å². The van der Waals surface area contributed by atoms with Crippen LogP contribution in [0.5, 0.6) is 0 Å². The van der Waals surface area contributed by atoms with Gasteiger partial charge in [-0.15, -0.1) is 0 Å². The van der Waals surface area contributed by atoms with Crippen LogP contribution in [0.25, 0.3) is 0 Å². The number of primary amides is 1. The lowest BCUT2D eigenvalue weighted by Gasteiger charge is -2.42. The number of rotatable bonds is 8. The minimum Gasteiger partial charge on any atom is -0.394 e. The fraction of sp³-hybridized carbons (Fsp3) is 0.917. The van der Waals surface area contributed by atoms with Crippen molar-refractivity contribution in [1.29, 1.82) is 0 Å². The van der Waals surface area contributed by atoms with Crippen molar-refractivity contribution >= 4 is 5.91 Å². The lowest BCUT2D eigenvalue weighted by atomic mass is 9.98. The van der Waals surface area contributed by atoms with Crippen molar-refractivity contribution < 1.29 is 55.1 Å². The van der Waals surface area contributed by atoms with Gasteiger partial charge in [-0.25, -0.2) is 0 Å². The minimum absolute atomic E-state index is 0.746. The van der Waals surface area contributed by atoms with Gasteiger partial charge >= 0.3 is 0 Å². The van der Waals surface area contributed by atoms with Crippen LogP contribution in [0.4, 0.5) is 0 Å². The second-order valence-corrected chi connectivity index (χ2v) is 5.39. The zero-order valence-corrected chi connectivity index (χ0v) is 12.5. The number of carbonyl (C=O) groups excluding carboxylic acids is 1. The number of carbonyl (C=O) groups is 1. The standard InChI is InChI=1S/C12H23NO11/c13-11(22)8(20)7(19)10(3(16)1-14)24-12-9(21)6(18)5(17)4(2-15)23-12/h3-10,12,14-21H,1-2H2,(H2,13,22)/t3-,4-,5-,6+,7-,8-,9-,10-,12?/m1/s1. The molecule has 1 rings (SSSR count). The largest absolute Gasteiger partial charge is 0.394 e. The van der Waals surface area contributed by atoms with Gasteiger partial charge in [0.25, 0.3) is 0 Å². The van der Waals surface area contributed by atoms with Gasteiger partial charge in [0.15, 0.2) is 12.4 Å². The molecule has 1 fully saturated rings. The monoisotopic (exact) mass is 357 g/mol. The summed E-state index contributed by atoms with van der Waals surface area (Å²) in [4.78, 5) is 10.9. The molecule has 0 spiro atoms. The van der Waals surface area contributed by atoms with Crippen LogP contribution in [-0.2, 0) is 14.3 Å². The Labute approximate surface area is 136 Å². The van der Waals surface area contributed by atoms with Crippen molar-refractivity contribution in [3.05, 3.63) is 0 Å². The zero-order valence-electron chi connectivity index (χ0n) is 12.5. The number of hydrogen-bond donors (Lipinski definition) is 9. The molecule has 24 heavy (non-hydrogen) atoms. The molecule has 0 aliphatic carbocycles. The van der Waals surface area contributed by atoms with E-state index in [-0.39, 0.29) is 0 Å². The van der Waals surface area contributed by atoms with Crippen LogP contribution in [0, 0.1) is 0 Å². The number of aliphatic hydroxyl groups excluding tert-OH is 8. The van der Waals surface area contributed by atoms with E-state index in [1.165, 1.54) is 0 Å². The molecule has 0 bridgehead atoms. The van der Waals surface area contributed by atoms with E-state index in [0.717, 1.165) is 0 Å². The first-order valence-corrected chi connectivity index (χ1v) is 7.06. The van der Waals surface area contributed by atoms with Gasteiger partial charge in [0.2, 0.25) is 5.91 Å². The Morgan fingerprint density at radius 2 is 1.67 bits per heavy atom. The molecule has 1 unspecified atom stereocenters. The van der Waals surface area contributed by atoms with Crippen LogP contribution in [0.3, 0.4) is 0 Å². The lowest BCUT2D eigenvalue weighted by Crippen LogP contribution is -2.62. The molecule has 9 atom stereocenters. The number of ether oxygens (including phenoxy) is 2. The first-order chi connectivity index (χ1) is 11.1. The average molecular weight is 357 g/mol. The maximum Gasteiger partial charge on any atom is 0.249 e. The first-order valence-electron chi connectivity index (χ1n) is 7.06. The summed E-state index contributed by atoms with van der Waals surface area (Å²) in [6, 6.07) is 0. The Morgan fingerprint density at radius 1 is 1.08 bits per heavy atom. The number of hydrogen-bond acceptors (Lipinski definition) is 11. The number of aliphatic hydroxyl groups is 8. The quantitative estimate of drug-likeness (QED) is 0.198. The highest BCUT2D eigenvalue weighted by Crippen LogP contribution is 2.24. The number of amides is 1. The minimum atomic E-state index is -2.17. The molecule has 1 amide bonds. The van der Waals surface area contributed by atoms with Crippen molar-refractivity contribution in [2.24, 2.45) is 5.73 Å². The zero-order chi connectivity index (χ0) is 18.6. The van der Waals surface area contributed by atoms with E-state index in [1.807, 2.05) is 0 Å². The topological polar surface area (TPSA) is 223 Å². The second kappa shape index (κ2) is 8.96. The van der Waals surface area contributed by atoms with Gasteiger partial charge in [0, 0.05) is 0 Å². The molecule has 0 saturated carbocycles. The van der Waals surface area contributed by atoms with Crippen LogP contribution < -0.4 is 5.73 Å². The highest BCUT2D eigenvalue weighted by molar-refractivity contribution is 5.79. The van der Waals surface area contributed by atoms with E-state index >= 15 is 0 Å². The normalized spacial score (nSPS) is 35.9. The van der Waals surface area contributed by atoms with Gasteiger partial charge in [0.05, 0.1) is 13.2 Å². The molecular formula is C12H23NO11. The molecule has 142 valence electrons. The fourth-order valence-electron chi connectivity index (χ4n) is 2.19. The van der Waals surface area contributed by atoms with Crippen LogP contribution in [-0.4, -0.2) is 115 Å². The molecule has 12 nitrogen and oxygen atoms in total. The molecule has 0 radical (unpaired) electrons. The third kappa shape index (κ3) is 4.58. The van der Waals surface area contributed by atoms with Gasteiger partial charge in [-0.05, 0) is 0 Å². The highest BCUT2D eigenvalue weighted by Gasteiger charge is 2.47. The second-order valence-electron chi connectivity index (χ2n) is 5.39.